The Labute approximate surface area is 215 Å². The summed E-state index contributed by atoms with van der Waals surface area (Å²) in [6.07, 6.45) is 0.839. The molecule has 0 spiro atoms. The zero-order chi connectivity index (χ0) is 25.9. The maximum Gasteiger partial charge on any atom is 0.337 e. The van der Waals surface area contributed by atoms with Gasteiger partial charge in [0, 0.05) is 29.0 Å². The Morgan fingerprint density at radius 1 is 0.973 bits per heavy atom. The third kappa shape index (κ3) is 4.92. The molecule has 1 aliphatic heterocycles. The van der Waals surface area contributed by atoms with Crippen LogP contribution in [0.5, 0.6) is 5.75 Å². The molecule has 2 aliphatic rings. The molecule has 37 heavy (non-hydrogen) atoms. The molecule has 0 aromatic heterocycles. The van der Waals surface area contributed by atoms with Crippen LogP contribution in [0.15, 0.2) is 101 Å². The van der Waals surface area contributed by atoms with Crippen molar-refractivity contribution in [1.29, 1.82) is 0 Å². The topological polar surface area (TPSA) is 64.6 Å². The molecule has 0 radical (unpaired) electrons. The van der Waals surface area contributed by atoms with Crippen LogP contribution in [0.4, 0.5) is 4.39 Å². The molecule has 3 aromatic carbocycles. The summed E-state index contributed by atoms with van der Waals surface area (Å²) in [5.74, 6) is -0.967. The van der Waals surface area contributed by atoms with Gasteiger partial charge >= 0.3 is 5.97 Å². The Kier molecular flexibility index (Phi) is 6.91. The molecule has 0 unspecified atom stereocenters. The first-order valence-corrected chi connectivity index (χ1v) is 12.3. The van der Waals surface area contributed by atoms with Crippen LogP contribution in [-0.4, -0.2) is 18.9 Å². The molecule has 6 heteroatoms. The monoisotopic (exact) mass is 497 g/mol. The fraction of sp³-hybridized carbons (Fsp3) is 0.226. The fourth-order valence-corrected chi connectivity index (χ4v) is 5.30. The van der Waals surface area contributed by atoms with E-state index in [-0.39, 0.29) is 30.5 Å². The number of allylic oxidation sites excluding steroid dienone is 3. The molecule has 3 aromatic rings. The number of rotatable bonds is 6. The number of dihydropyridines is 1. The summed E-state index contributed by atoms with van der Waals surface area (Å²) < 4.78 is 24.9. The van der Waals surface area contributed by atoms with Gasteiger partial charge in [0.25, 0.3) is 0 Å². The molecule has 0 bridgehead atoms. The molecule has 0 fully saturated rings. The first-order chi connectivity index (χ1) is 18.0. The number of nitrogens with one attached hydrogen (secondary N) is 1. The van der Waals surface area contributed by atoms with Gasteiger partial charge in [-0.3, -0.25) is 4.79 Å². The van der Waals surface area contributed by atoms with Crippen LogP contribution in [0.3, 0.4) is 0 Å². The van der Waals surface area contributed by atoms with Gasteiger partial charge in [-0.2, -0.15) is 0 Å². The minimum atomic E-state index is -0.627. The van der Waals surface area contributed by atoms with E-state index >= 15 is 0 Å². The van der Waals surface area contributed by atoms with Crippen molar-refractivity contribution in [2.24, 2.45) is 0 Å². The van der Waals surface area contributed by atoms with Gasteiger partial charge in [0.2, 0.25) is 0 Å². The number of esters is 1. The molecular weight excluding hydrogens is 469 g/mol. The lowest BCUT2D eigenvalue weighted by Gasteiger charge is -2.37. The molecule has 5 nitrogen and oxygen atoms in total. The van der Waals surface area contributed by atoms with Gasteiger partial charge in [-0.1, -0.05) is 60.7 Å². The van der Waals surface area contributed by atoms with E-state index in [0.717, 1.165) is 22.4 Å². The van der Waals surface area contributed by atoms with Gasteiger partial charge in [0.1, 0.15) is 18.2 Å². The molecule has 1 heterocycles. The van der Waals surface area contributed by atoms with Crippen molar-refractivity contribution >= 4 is 11.8 Å². The predicted molar refractivity (Wildman–Crippen MR) is 138 cm³/mol. The zero-order valence-electron chi connectivity index (χ0n) is 20.8. The summed E-state index contributed by atoms with van der Waals surface area (Å²) in [7, 11) is 1.58. The highest BCUT2D eigenvalue weighted by Gasteiger charge is 2.42. The number of carbonyl (C=O) groups excluding carboxylic acids is 2. The Morgan fingerprint density at radius 2 is 1.68 bits per heavy atom. The van der Waals surface area contributed by atoms with Crippen molar-refractivity contribution in [2.75, 3.05) is 7.11 Å². The van der Waals surface area contributed by atoms with Crippen LogP contribution in [0.2, 0.25) is 0 Å². The molecule has 1 N–H and O–H groups in total. The number of ether oxygens (including phenoxy) is 2. The van der Waals surface area contributed by atoms with Crippen LogP contribution in [0.1, 0.15) is 48.3 Å². The Hall–Kier alpha value is -4.19. The van der Waals surface area contributed by atoms with Gasteiger partial charge in [-0.15, -0.1) is 0 Å². The average Bonchev–Trinajstić information content (AvgIpc) is 2.91. The lowest BCUT2D eigenvalue weighted by atomic mass is 9.71. The summed E-state index contributed by atoms with van der Waals surface area (Å²) in [6.45, 7) is 1.96. The summed E-state index contributed by atoms with van der Waals surface area (Å²) in [5.41, 5.74) is 4.89. The largest absolute Gasteiger partial charge is 0.496 e. The van der Waals surface area contributed by atoms with E-state index in [1.807, 2.05) is 61.5 Å². The number of carbonyl (C=O) groups is 2. The Morgan fingerprint density at radius 3 is 2.41 bits per heavy atom. The number of benzene rings is 3. The third-order valence-electron chi connectivity index (χ3n) is 7.05. The molecular formula is C31H28FNO4. The minimum Gasteiger partial charge on any atom is -0.496 e. The third-order valence-corrected chi connectivity index (χ3v) is 7.05. The fourth-order valence-electron chi connectivity index (χ4n) is 5.30. The van der Waals surface area contributed by atoms with E-state index in [9.17, 15) is 14.0 Å². The molecule has 0 amide bonds. The summed E-state index contributed by atoms with van der Waals surface area (Å²) in [6, 6.07) is 23.2. The zero-order valence-corrected chi connectivity index (χ0v) is 20.8. The number of hydrogen-bond acceptors (Lipinski definition) is 5. The predicted octanol–water partition coefficient (Wildman–Crippen LogP) is 5.94. The van der Waals surface area contributed by atoms with E-state index in [2.05, 4.69) is 5.32 Å². The van der Waals surface area contributed by atoms with E-state index in [4.69, 9.17) is 9.47 Å². The number of ketones is 1. The highest BCUT2D eigenvalue weighted by Crippen LogP contribution is 2.47. The second kappa shape index (κ2) is 10.4. The molecule has 0 saturated heterocycles. The van der Waals surface area contributed by atoms with Gasteiger partial charge in [-0.25, -0.2) is 9.18 Å². The van der Waals surface area contributed by atoms with Gasteiger partial charge in [-0.05, 0) is 48.6 Å². The number of Topliss-reactive ketones (excluding diaryl/α,β-unsaturated/α-hetero) is 1. The molecule has 2 atom stereocenters. The van der Waals surface area contributed by atoms with Crippen molar-refractivity contribution in [3.05, 3.63) is 124 Å². The molecule has 1 aliphatic carbocycles. The summed E-state index contributed by atoms with van der Waals surface area (Å²) in [4.78, 5) is 27.3. The van der Waals surface area contributed by atoms with Crippen molar-refractivity contribution in [2.45, 2.75) is 38.2 Å². The maximum atomic E-state index is 13.7. The highest BCUT2D eigenvalue weighted by molar-refractivity contribution is 6.04. The average molecular weight is 498 g/mol. The second-order valence-corrected chi connectivity index (χ2v) is 9.37. The van der Waals surface area contributed by atoms with Gasteiger partial charge in [0.15, 0.2) is 5.78 Å². The SMILES string of the molecule is COc1ccccc1[C@@H]1C(C(=O)OCc2ccccc2)=C(C)NC2=C1C(=O)C[C@H](c1ccc(F)cc1)C2. The quantitative estimate of drug-likeness (QED) is 0.427. The summed E-state index contributed by atoms with van der Waals surface area (Å²) >= 11 is 0. The lowest BCUT2D eigenvalue weighted by molar-refractivity contribution is -0.140. The van der Waals surface area contributed by atoms with Crippen LogP contribution in [0, 0.1) is 5.82 Å². The van der Waals surface area contributed by atoms with Crippen LogP contribution >= 0.6 is 0 Å². The molecule has 5 rings (SSSR count). The van der Waals surface area contributed by atoms with Crippen LogP contribution in [0.25, 0.3) is 0 Å². The Bertz CT molecular complexity index is 1390. The van der Waals surface area contributed by atoms with E-state index in [1.165, 1.54) is 12.1 Å². The first kappa shape index (κ1) is 24.5. The Balaban J connectivity index is 1.54. The van der Waals surface area contributed by atoms with Crippen molar-refractivity contribution in [3.63, 3.8) is 0 Å². The van der Waals surface area contributed by atoms with Gasteiger partial charge in [0.05, 0.1) is 18.6 Å². The lowest BCUT2D eigenvalue weighted by Crippen LogP contribution is -2.36. The normalized spacial score (nSPS) is 19.3. The number of halogens is 1. The molecule has 188 valence electrons. The highest BCUT2D eigenvalue weighted by atomic mass is 19.1. The number of para-hydroxylation sites is 1. The number of hydrogen-bond donors (Lipinski definition) is 1. The van der Waals surface area contributed by atoms with Crippen LogP contribution < -0.4 is 10.1 Å². The smallest absolute Gasteiger partial charge is 0.337 e. The number of methoxy groups -OCH3 is 1. The van der Waals surface area contributed by atoms with E-state index in [1.54, 1.807) is 19.2 Å². The first-order valence-electron chi connectivity index (χ1n) is 12.3. The van der Waals surface area contributed by atoms with Gasteiger partial charge < -0.3 is 14.8 Å². The minimum absolute atomic E-state index is 0.0557. The second-order valence-electron chi connectivity index (χ2n) is 9.37. The van der Waals surface area contributed by atoms with E-state index in [0.29, 0.717) is 29.0 Å². The maximum absolute atomic E-state index is 13.7. The van der Waals surface area contributed by atoms with E-state index < -0.39 is 11.9 Å². The van der Waals surface area contributed by atoms with Crippen LogP contribution in [-0.2, 0) is 20.9 Å². The van der Waals surface area contributed by atoms with Crippen molar-refractivity contribution in [3.8, 4) is 5.75 Å². The van der Waals surface area contributed by atoms with Crippen molar-refractivity contribution < 1.29 is 23.5 Å². The van der Waals surface area contributed by atoms with Crippen molar-refractivity contribution in [1.82, 2.24) is 5.32 Å². The summed E-state index contributed by atoms with van der Waals surface area (Å²) in [5, 5.41) is 3.35. The standard InChI is InChI=1S/C31H28FNO4/c1-19-28(31(35)37-18-20-8-4-3-5-9-20)29(24-10-6-7-11-27(24)36-2)30-25(33-19)16-22(17-26(30)34)21-12-14-23(32)15-13-21/h3-15,22,29,33H,16-18H2,1-2H3/t22-,29-/m1/s1. The molecule has 0 saturated carbocycles.